The van der Waals surface area contributed by atoms with Crippen molar-refractivity contribution in [1.82, 2.24) is 15.1 Å². The molecule has 0 radical (unpaired) electrons. The number of hydrogen-bond acceptors (Lipinski definition) is 3. The van der Waals surface area contributed by atoms with Crippen molar-refractivity contribution in [2.24, 2.45) is 0 Å². The minimum absolute atomic E-state index is 0. The summed E-state index contributed by atoms with van der Waals surface area (Å²) in [6.45, 7) is 8.02. The summed E-state index contributed by atoms with van der Waals surface area (Å²) in [5, 5.41) is 3.42. The van der Waals surface area contributed by atoms with E-state index in [1.54, 1.807) is 0 Å². The van der Waals surface area contributed by atoms with E-state index in [1.165, 1.54) is 6.42 Å². The van der Waals surface area contributed by atoms with Crippen LogP contribution in [-0.2, 0) is 4.79 Å². The van der Waals surface area contributed by atoms with Gasteiger partial charge in [-0.2, -0.15) is 0 Å². The summed E-state index contributed by atoms with van der Waals surface area (Å²) in [4.78, 5) is 17.2. The Bertz CT molecular complexity index is 468. The van der Waals surface area contributed by atoms with E-state index in [4.69, 9.17) is 0 Å². The lowest BCUT2D eigenvalue weighted by atomic mass is 9.99. The quantitative estimate of drug-likeness (QED) is 0.920. The zero-order valence-corrected chi connectivity index (χ0v) is 14.0. The van der Waals surface area contributed by atoms with E-state index in [1.807, 2.05) is 42.2 Å². The van der Waals surface area contributed by atoms with E-state index in [9.17, 15) is 4.79 Å². The number of hydrogen-bond donors (Lipinski definition) is 1. The lowest BCUT2D eigenvalue weighted by Crippen LogP contribution is -2.53. The maximum absolute atomic E-state index is 12.6. The Morgan fingerprint density at radius 1 is 1.18 bits per heavy atom. The van der Waals surface area contributed by atoms with Crippen LogP contribution >= 0.6 is 12.4 Å². The summed E-state index contributed by atoms with van der Waals surface area (Å²) in [6, 6.07) is 10.8. The Balaban J connectivity index is 0.00000176. The number of carbonyl (C=O) groups excluding carboxylic acids is 1. The van der Waals surface area contributed by atoms with Crippen LogP contribution in [0.1, 0.15) is 24.8 Å². The molecular weight excluding hydrogens is 298 g/mol. The van der Waals surface area contributed by atoms with Crippen LogP contribution in [0.15, 0.2) is 30.3 Å². The number of nitrogens with zero attached hydrogens (tertiary/aromatic N) is 2. The number of piperazine rings is 1. The Kier molecular flexibility index (Phi) is 6.24. The molecule has 0 aliphatic carbocycles. The van der Waals surface area contributed by atoms with Gasteiger partial charge >= 0.3 is 0 Å². The van der Waals surface area contributed by atoms with E-state index in [-0.39, 0.29) is 24.2 Å². The molecule has 4 nitrogen and oxygen atoms in total. The first-order chi connectivity index (χ1) is 10.3. The molecular formula is C17H26ClN3O. The topological polar surface area (TPSA) is 35.6 Å². The molecule has 2 aliphatic rings. The SMILES string of the molecule is CC(C(=O)N1CCN(C2CCNC2)CC1)c1ccccc1.Cl. The molecule has 122 valence electrons. The summed E-state index contributed by atoms with van der Waals surface area (Å²) in [5.41, 5.74) is 1.12. The molecule has 2 fully saturated rings. The Morgan fingerprint density at radius 3 is 2.45 bits per heavy atom. The van der Waals surface area contributed by atoms with E-state index in [0.29, 0.717) is 6.04 Å². The largest absolute Gasteiger partial charge is 0.340 e. The highest BCUT2D eigenvalue weighted by Gasteiger charge is 2.29. The molecule has 1 amide bonds. The Labute approximate surface area is 139 Å². The third-order valence-corrected chi connectivity index (χ3v) is 4.85. The third-order valence-electron chi connectivity index (χ3n) is 4.85. The van der Waals surface area contributed by atoms with Gasteiger partial charge in [0.05, 0.1) is 5.92 Å². The molecule has 1 N–H and O–H groups in total. The lowest BCUT2D eigenvalue weighted by molar-refractivity contribution is -0.134. The minimum Gasteiger partial charge on any atom is -0.340 e. The van der Waals surface area contributed by atoms with Gasteiger partial charge in [-0.3, -0.25) is 9.69 Å². The van der Waals surface area contributed by atoms with Crippen LogP contribution in [0.3, 0.4) is 0 Å². The van der Waals surface area contributed by atoms with Crippen molar-refractivity contribution < 1.29 is 4.79 Å². The summed E-state index contributed by atoms with van der Waals surface area (Å²) in [6.07, 6.45) is 1.24. The maximum Gasteiger partial charge on any atom is 0.229 e. The number of amides is 1. The van der Waals surface area contributed by atoms with Gasteiger partial charge in [0.15, 0.2) is 0 Å². The summed E-state index contributed by atoms with van der Waals surface area (Å²) in [7, 11) is 0. The van der Waals surface area contributed by atoms with Gasteiger partial charge in [-0.05, 0) is 25.5 Å². The van der Waals surface area contributed by atoms with Crippen LogP contribution in [0.25, 0.3) is 0 Å². The predicted molar refractivity (Wildman–Crippen MR) is 91.5 cm³/mol. The number of carbonyl (C=O) groups is 1. The van der Waals surface area contributed by atoms with Gasteiger partial charge in [0.25, 0.3) is 0 Å². The van der Waals surface area contributed by atoms with Crippen molar-refractivity contribution in [3.05, 3.63) is 35.9 Å². The Morgan fingerprint density at radius 2 is 1.86 bits per heavy atom. The van der Waals surface area contributed by atoms with Crippen molar-refractivity contribution in [3.8, 4) is 0 Å². The van der Waals surface area contributed by atoms with Gasteiger partial charge in [-0.15, -0.1) is 12.4 Å². The zero-order chi connectivity index (χ0) is 14.7. The highest BCUT2D eigenvalue weighted by Crippen LogP contribution is 2.19. The summed E-state index contributed by atoms with van der Waals surface area (Å²) in [5.74, 6) is 0.233. The van der Waals surface area contributed by atoms with Crippen LogP contribution in [0, 0.1) is 0 Å². The van der Waals surface area contributed by atoms with Crippen molar-refractivity contribution in [2.75, 3.05) is 39.3 Å². The molecule has 2 heterocycles. The average molecular weight is 324 g/mol. The van der Waals surface area contributed by atoms with Gasteiger partial charge < -0.3 is 10.2 Å². The van der Waals surface area contributed by atoms with Crippen LogP contribution in [0.2, 0.25) is 0 Å². The van der Waals surface area contributed by atoms with Crippen LogP contribution in [-0.4, -0.2) is 61.0 Å². The van der Waals surface area contributed by atoms with Crippen molar-refractivity contribution >= 4 is 18.3 Å². The molecule has 3 rings (SSSR count). The summed E-state index contributed by atoms with van der Waals surface area (Å²) >= 11 is 0. The lowest BCUT2D eigenvalue weighted by Gasteiger charge is -2.38. The molecule has 1 aromatic carbocycles. The first-order valence-corrected chi connectivity index (χ1v) is 8.04. The maximum atomic E-state index is 12.6. The fourth-order valence-electron chi connectivity index (χ4n) is 3.42. The number of nitrogens with one attached hydrogen (secondary N) is 1. The standard InChI is InChI=1S/C17H25N3O.ClH/c1-14(15-5-3-2-4-6-15)17(21)20-11-9-19(10-12-20)16-7-8-18-13-16;/h2-6,14,16,18H,7-13H2,1H3;1H. The molecule has 0 spiro atoms. The molecule has 0 aromatic heterocycles. The second-order valence-corrected chi connectivity index (χ2v) is 6.14. The Hall–Kier alpha value is -1.10. The van der Waals surface area contributed by atoms with Crippen LogP contribution in [0.5, 0.6) is 0 Å². The molecule has 0 bridgehead atoms. The third kappa shape index (κ3) is 3.80. The normalized spacial score (nSPS) is 23.9. The number of benzene rings is 1. The van der Waals surface area contributed by atoms with E-state index >= 15 is 0 Å². The smallest absolute Gasteiger partial charge is 0.229 e. The van der Waals surface area contributed by atoms with Crippen LogP contribution in [0.4, 0.5) is 0 Å². The second-order valence-electron chi connectivity index (χ2n) is 6.14. The summed E-state index contributed by atoms with van der Waals surface area (Å²) < 4.78 is 0. The first-order valence-electron chi connectivity index (χ1n) is 8.04. The van der Waals surface area contributed by atoms with Crippen molar-refractivity contribution in [2.45, 2.75) is 25.3 Å². The molecule has 0 saturated carbocycles. The van der Waals surface area contributed by atoms with Gasteiger partial charge in [-0.1, -0.05) is 30.3 Å². The fraction of sp³-hybridized carbons (Fsp3) is 0.588. The van der Waals surface area contributed by atoms with Gasteiger partial charge in [0.1, 0.15) is 0 Å². The monoisotopic (exact) mass is 323 g/mol. The first kappa shape index (κ1) is 17.3. The molecule has 2 saturated heterocycles. The number of halogens is 1. The number of rotatable bonds is 3. The highest BCUT2D eigenvalue weighted by atomic mass is 35.5. The van der Waals surface area contributed by atoms with E-state index in [0.717, 1.165) is 44.8 Å². The zero-order valence-electron chi connectivity index (χ0n) is 13.2. The van der Waals surface area contributed by atoms with Crippen molar-refractivity contribution in [1.29, 1.82) is 0 Å². The van der Waals surface area contributed by atoms with Gasteiger partial charge in [0, 0.05) is 38.8 Å². The molecule has 2 atom stereocenters. The van der Waals surface area contributed by atoms with Gasteiger partial charge in [0.2, 0.25) is 5.91 Å². The second kappa shape index (κ2) is 7.95. The highest BCUT2D eigenvalue weighted by molar-refractivity contribution is 5.85. The molecule has 2 unspecified atom stereocenters. The molecule has 2 aliphatic heterocycles. The molecule has 5 heteroatoms. The average Bonchev–Trinajstić information content (AvgIpc) is 3.09. The van der Waals surface area contributed by atoms with Gasteiger partial charge in [-0.25, -0.2) is 0 Å². The van der Waals surface area contributed by atoms with Crippen molar-refractivity contribution in [3.63, 3.8) is 0 Å². The van der Waals surface area contributed by atoms with E-state index < -0.39 is 0 Å². The molecule has 22 heavy (non-hydrogen) atoms. The predicted octanol–water partition coefficient (Wildman–Crippen LogP) is 1.72. The molecule has 1 aromatic rings. The minimum atomic E-state index is -0.0362. The fourth-order valence-corrected chi connectivity index (χ4v) is 3.42. The van der Waals surface area contributed by atoms with Crippen LogP contribution < -0.4 is 5.32 Å². The van der Waals surface area contributed by atoms with E-state index in [2.05, 4.69) is 10.2 Å².